The van der Waals surface area contributed by atoms with Crippen molar-refractivity contribution in [1.29, 1.82) is 0 Å². The SMILES string of the molecule is O=C(CCc1ccc(Cl)c(Cl)c1)NCc1ccc(N2CCCC2)cc1. The van der Waals surface area contributed by atoms with E-state index in [1.807, 2.05) is 12.1 Å². The number of nitrogens with one attached hydrogen (secondary N) is 1. The van der Waals surface area contributed by atoms with Crippen molar-refractivity contribution in [2.75, 3.05) is 18.0 Å². The van der Waals surface area contributed by atoms with E-state index in [1.165, 1.54) is 18.5 Å². The lowest BCUT2D eigenvalue weighted by Gasteiger charge is -2.17. The molecule has 0 radical (unpaired) electrons. The first kappa shape index (κ1) is 18.1. The summed E-state index contributed by atoms with van der Waals surface area (Å²) in [5, 5.41) is 4.03. The number of hydrogen-bond acceptors (Lipinski definition) is 2. The molecule has 0 bridgehead atoms. The first-order chi connectivity index (χ1) is 12.1. The average molecular weight is 377 g/mol. The van der Waals surface area contributed by atoms with Gasteiger partial charge < -0.3 is 10.2 Å². The standard InChI is InChI=1S/C20H22Cl2N2O/c21-18-9-5-15(13-19(18)22)6-10-20(25)23-14-16-3-7-17(8-4-16)24-11-1-2-12-24/h3-5,7-9,13H,1-2,6,10-12,14H2,(H,23,25). The molecular formula is C20H22Cl2N2O. The van der Waals surface area contributed by atoms with Gasteiger partial charge in [-0.25, -0.2) is 0 Å². The molecule has 1 heterocycles. The van der Waals surface area contributed by atoms with Crippen LogP contribution in [0.15, 0.2) is 42.5 Å². The van der Waals surface area contributed by atoms with Crippen molar-refractivity contribution >= 4 is 34.8 Å². The zero-order valence-electron chi connectivity index (χ0n) is 14.1. The van der Waals surface area contributed by atoms with Gasteiger partial charge >= 0.3 is 0 Å². The van der Waals surface area contributed by atoms with Crippen LogP contribution in [0.25, 0.3) is 0 Å². The molecule has 0 aliphatic carbocycles. The van der Waals surface area contributed by atoms with E-state index in [1.54, 1.807) is 6.07 Å². The first-order valence-electron chi connectivity index (χ1n) is 8.66. The Bertz CT molecular complexity index is 725. The number of benzene rings is 2. The molecular weight excluding hydrogens is 355 g/mol. The largest absolute Gasteiger partial charge is 0.372 e. The fourth-order valence-electron chi connectivity index (χ4n) is 3.04. The molecule has 25 heavy (non-hydrogen) atoms. The molecule has 3 nitrogen and oxygen atoms in total. The highest BCUT2D eigenvalue weighted by atomic mass is 35.5. The molecule has 132 valence electrons. The van der Waals surface area contributed by atoms with Crippen LogP contribution in [0, 0.1) is 0 Å². The van der Waals surface area contributed by atoms with Crippen LogP contribution in [0.5, 0.6) is 0 Å². The Balaban J connectivity index is 1.44. The third kappa shape index (κ3) is 5.13. The van der Waals surface area contributed by atoms with Gasteiger partial charge in [0.1, 0.15) is 0 Å². The second-order valence-corrected chi connectivity index (χ2v) is 7.20. The molecule has 1 N–H and O–H groups in total. The van der Waals surface area contributed by atoms with Crippen molar-refractivity contribution in [3.63, 3.8) is 0 Å². The number of nitrogens with zero attached hydrogens (tertiary/aromatic N) is 1. The number of rotatable bonds is 6. The molecule has 0 unspecified atom stereocenters. The molecule has 0 saturated carbocycles. The quantitative estimate of drug-likeness (QED) is 0.781. The third-order valence-corrected chi connectivity index (χ3v) is 5.26. The van der Waals surface area contributed by atoms with Gasteiger partial charge in [0.25, 0.3) is 0 Å². The number of amides is 1. The van der Waals surface area contributed by atoms with Gasteiger partial charge in [0.2, 0.25) is 5.91 Å². The molecule has 1 aliphatic heterocycles. The molecule has 3 rings (SSSR count). The van der Waals surface area contributed by atoms with Crippen LogP contribution in [0.2, 0.25) is 10.0 Å². The van der Waals surface area contributed by atoms with E-state index >= 15 is 0 Å². The Morgan fingerprint density at radius 2 is 1.64 bits per heavy atom. The summed E-state index contributed by atoms with van der Waals surface area (Å²) in [5.74, 6) is 0.0368. The highest BCUT2D eigenvalue weighted by molar-refractivity contribution is 6.42. The van der Waals surface area contributed by atoms with E-state index in [2.05, 4.69) is 34.5 Å². The minimum Gasteiger partial charge on any atom is -0.372 e. The summed E-state index contributed by atoms with van der Waals surface area (Å²) in [5.41, 5.74) is 3.40. The van der Waals surface area contributed by atoms with Gasteiger partial charge in [-0.05, 0) is 54.7 Å². The van der Waals surface area contributed by atoms with Crippen molar-refractivity contribution in [3.05, 3.63) is 63.6 Å². The minimum absolute atomic E-state index is 0.0368. The molecule has 2 aromatic carbocycles. The average Bonchev–Trinajstić information content (AvgIpc) is 3.16. The Labute approximate surface area is 158 Å². The predicted molar refractivity (Wildman–Crippen MR) is 105 cm³/mol. The molecule has 0 aromatic heterocycles. The maximum atomic E-state index is 12.0. The molecule has 1 aliphatic rings. The Kier molecular flexibility index (Phi) is 6.22. The summed E-state index contributed by atoms with van der Waals surface area (Å²) >= 11 is 11.9. The van der Waals surface area contributed by atoms with Crippen molar-refractivity contribution in [2.45, 2.75) is 32.2 Å². The maximum Gasteiger partial charge on any atom is 0.220 e. The van der Waals surface area contributed by atoms with Crippen molar-refractivity contribution < 1.29 is 4.79 Å². The van der Waals surface area contributed by atoms with Gasteiger partial charge in [-0.15, -0.1) is 0 Å². The van der Waals surface area contributed by atoms with E-state index in [0.717, 1.165) is 24.2 Å². The molecule has 1 amide bonds. The van der Waals surface area contributed by atoms with Crippen LogP contribution >= 0.6 is 23.2 Å². The van der Waals surface area contributed by atoms with Gasteiger partial charge in [0, 0.05) is 31.7 Å². The summed E-state index contributed by atoms with van der Waals surface area (Å²) in [6.07, 6.45) is 3.63. The summed E-state index contributed by atoms with van der Waals surface area (Å²) < 4.78 is 0. The second kappa shape index (κ2) is 8.59. The van der Waals surface area contributed by atoms with Crippen LogP contribution < -0.4 is 10.2 Å². The third-order valence-electron chi connectivity index (χ3n) is 4.52. The molecule has 1 fully saturated rings. The normalized spacial score (nSPS) is 13.9. The van der Waals surface area contributed by atoms with Gasteiger partial charge in [0.15, 0.2) is 0 Å². The van der Waals surface area contributed by atoms with Crippen molar-refractivity contribution in [1.82, 2.24) is 5.32 Å². The van der Waals surface area contributed by atoms with E-state index in [-0.39, 0.29) is 5.91 Å². The molecule has 1 saturated heterocycles. The number of carbonyl (C=O) groups is 1. The predicted octanol–water partition coefficient (Wildman–Crippen LogP) is 4.84. The van der Waals surface area contributed by atoms with Crippen LogP contribution in [-0.2, 0) is 17.8 Å². The lowest BCUT2D eigenvalue weighted by atomic mass is 10.1. The summed E-state index contributed by atoms with van der Waals surface area (Å²) in [6.45, 7) is 2.84. The summed E-state index contributed by atoms with van der Waals surface area (Å²) in [7, 11) is 0. The fraction of sp³-hybridized carbons (Fsp3) is 0.350. The molecule has 2 aromatic rings. The Morgan fingerprint density at radius 1 is 0.960 bits per heavy atom. The molecule has 0 atom stereocenters. The Hall–Kier alpha value is -1.71. The molecule has 0 spiro atoms. The van der Waals surface area contributed by atoms with E-state index < -0.39 is 0 Å². The number of carbonyl (C=O) groups excluding carboxylic acids is 1. The highest BCUT2D eigenvalue weighted by Crippen LogP contribution is 2.23. The number of hydrogen-bond donors (Lipinski definition) is 1. The highest BCUT2D eigenvalue weighted by Gasteiger charge is 2.11. The van der Waals surface area contributed by atoms with E-state index in [0.29, 0.717) is 29.4 Å². The first-order valence-corrected chi connectivity index (χ1v) is 9.42. The zero-order chi connectivity index (χ0) is 17.6. The van der Waals surface area contributed by atoms with Crippen LogP contribution in [0.4, 0.5) is 5.69 Å². The fourth-order valence-corrected chi connectivity index (χ4v) is 3.36. The van der Waals surface area contributed by atoms with Crippen molar-refractivity contribution in [2.24, 2.45) is 0 Å². The summed E-state index contributed by atoms with van der Waals surface area (Å²) in [6, 6.07) is 13.9. The van der Waals surface area contributed by atoms with E-state index in [4.69, 9.17) is 23.2 Å². The maximum absolute atomic E-state index is 12.0. The monoisotopic (exact) mass is 376 g/mol. The van der Waals surface area contributed by atoms with Crippen LogP contribution in [-0.4, -0.2) is 19.0 Å². The van der Waals surface area contributed by atoms with Gasteiger partial charge in [-0.2, -0.15) is 0 Å². The smallest absolute Gasteiger partial charge is 0.220 e. The second-order valence-electron chi connectivity index (χ2n) is 6.39. The van der Waals surface area contributed by atoms with E-state index in [9.17, 15) is 4.79 Å². The zero-order valence-corrected chi connectivity index (χ0v) is 15.6. The van der Waals surface area contributed by atoms with Crippen molar-refractivity contribution in [3.8, 4) is 0 Å². The minimum atomic E-state index is 0.0368. The van der Waals surface area contributed by atoms with Gasteiger partial charge in [0.05, 0.1) is 10.0 Å². The lowest BCUT2D eigenvalue weighted by Crippen LogP contribution is -2.23. The van der Waals surface area contributed by atoms with Crippen LogP contribution in [0.1, 0.15) is 30.4 Å². The molecule has 5 heteroatoms. The lowest BCUT2D eigenvalue weighted by molar-refractivity contribution is -0.121. The van der Waals surface area contributed by atoms with Crippen LogP contribution in [0.3, 0.4) is 0 Å². The summed E-state index contributed by atoms with van der Waals surface area (Å²) in [4.78, 5) is 14.4. The van der Waals surface area contributed by atoms with Gasteiger partial charge in [-0.3, -0.25) is 4.79 Å². The topological polar surface area (TPSA) is 32.3 Å². The number of anilines is 1. The number of halogens is 2. The number of aryl methyl sites for hydroxylation is 1. The Morgan fingerprint density at radius 3 is 2.32 bits per heavy atom. The van der Waals surface area contributed by atoms with Gasteiger partial charge in [-0.1, -0.05) is 41.4 Å².